The highest BCUT2D eigenvalue weighted by atomic mass is 35.5. The van der Waals surface area contributed by atoms with E-state index < -0.39 is 0 Å². The summed E-state index contributed by atoms with van der Waals surface area (Å²) in [6.45, 7) is 4.04. The van der Waals surface area contributed by atoms with Crippen molar-refractivity contribution >= 4 is 35.3 Å². The summed E-state index contributed by atoms with van der Waals surface area (Å²) in [6.07, 6.45) is 1.63. The Balaban J connectivity index is 1.78. The molecule has 0 bridgehead atoms. The Bertz CT molecular complexity index is 978. The molecule has 0 fully saturated rings. The van der Waals surface area contributed by atoms with Crippen molar-refractivity contribution in [2.24, 2.45) is 5.10 Å². The molecule has 0 spiro atoms. The molecule has 0 atom stereocenters. The number of hydrogen-bond donors (Lipinski definition) is 1. The number of hydrogen-bond acceptors (Lipinski definition) is 2. The molecule has 0 radical (unpaired) electrons. The molecule has 0 aliphatic rings. The van der Waals surface area contributed by atoms with E-state index in [1.54, 1.807) is 18.3 Å². The smallest absolute Gasteiger partial charge is 0.272 e. The van der Waals surface area contributed by atoms with Crippen molar-refractivity contribution < 1.29 is 4.79 Å². The lowest BCUT2D eigenvalue weighted by molar-refractivity contribution is 0.0955. The number of nitrogens with one attached hydrogen (secondary N) is 1. The van der Waals surface area contributed by atoms with Gasteiger partial charge in [0.15, 0.2) is 0 Å². The number of amides is 1. The third-order valence-electron chi connectivity index (χ3n) is 4.03. The molecule has 0 aliphatic carbocycles. The second kappa shape index (κ2) is 7.77. The molecule has 1 heterocycles. The van der Waals surface area contributed by atoms with Crippen LogP contribution in [-0.4, -0.2) is 16.7 Å². The number of para-hydroxylation sites is 1. The quantitative estimate of drug-likeness (QED) is 0.488. The van der Waals surface area contributed by atoms with Crippen LogP contribution in [-0.2, 0) is 0 Å². The Morgan fingerprint density at radius 1 is 1.08 bits per heavy atom. The van der Waals surface area contributed by atoms with Crippen LogP contribution in [0.3, 0.4) is 0 Å². The van der Waals surface area contributed by atoms with Crippen molar-refractivity contribution in [3.63, 3.8) is 0 Å². The molecule has 0 aliphatic heterocycles. The number of rotatable bonds is 4. The van der Waals surface area contributed by atoms with E-state index >= 15 is 0 Å². The first-order valence-electron chi connectivity index (χ1n) is 8.00. The number of benzene rings is 2. The highest BCUT2D eigenvalue weighted by molar-refractivity contribution is 6.36. The molecule has 3 aromatic rings. The predicted octanol–water partition coefficient (Wildman–Crippen LogP) is 5.16. The summed E-state index contributed by atoms with van der Waals surface area (Å²) in [5.74, 6) is -0.389. The highest BCUT2D eigenvalue weighted by Crippen LogP contribution is 2.21. The predicted molar refractivity (Wildman–Crippen MR) is 107 cm³/mol. The van der Waals surface area contributed by atoms with Crippen molar-refractivity contribution in [3.8, 4) is 5.69 Å². The van der Waals surface area contributed by atoms with Crippen molar-refractivity contribution in [3.05, 3.63) is 87.2 Å². The summed E-state index contributed by atoms with van der Waals surface area (Å²) in [7, 11) is 0. The van der Waals surface area contributed by atoms with E-state index in [4.69, 9.17) is 23.2 Å². The number of nitrogens with zero attached hydrogens (tertiary/aromatic N) is 2. The topological polar surface area (TPSA) is 46.4 Å². The molecule has 0 unspecified atom stereocenters. The molecule has 132 valence electrons. The Labute approximate surface area is 162 Å². The number of halogens is 2. The maximum absolute atomic E-state index is 12.2. The minimum absolute atomic E-state index is 0.285. The van der Waals surface area contributed by atoms with Crippen LogP contribution in [0.5, 0.6) is 0 Å². The summed E-state index contributed by atoms with van der Waals surface area (Å²) in [6, 6.07) is 16.8. The zero-order valence-corrected chi connectivity index (χ0v) is 15.8. The molecular formula is C20H17Cl2N3O. The SMILES string of the molecule is Cc1cc(C=NNC(=O)c2ccc(Cl)cc2Cl)c(C)n1-c1ccccc1. The van der Waals surface area contributed by atoms with Gasteiger partial charge in [-0.25, -0.2) is 5.43 Å². The Morgan fingerprint density at radius 3 is 2.50 bits per heavy atom. The number of carbonyl (C=O) groups excluding carboxylic acids is 1. The average molecular weight is 386 g/mol. The third kappa shape index (κ3) is 3.82. The van der Waals surface area contributed by atoms with Crippen LogP contribution < -0.4 is 5.43 Å². The van der Waals surface area contributed by atoms with Gasteiger partial charge in [-0.2, -0.15) is 5.10 Å². The molecule has 1 N–H and O–H groups in total. The van der Waals surface area contributed by atoms with Crippen molar-refractivity contribution in [1.82, 2.24) is 9.99 Å². The lowest BCUT2D eigenvalue weighted by Gasteiger charge is -2.09. The van der Waals surface area contributed by atoms with E-state index in [9.17, 15) is 4.79 Å². The van der Waals surface area contributed by atoms with Crippen LogP contribution >= 0.6 is 23.2 Å². The van der Waals surface area contributed by atoms with E-state index in [2.05, 4.69) is 15.1 Å². The van der Waals surface area contributed by atoms with Gasteiger partial charge in [-0.15, -0.1) is 0 Å². The number of hydrazone groups is 1. The Morgan fingerprint density at radius 2 is 1.81 bits per heavy atom. The lowest BCUT2D eigenvalue weighted by atomic mass is 10.2. The number of aryl methyl sites for hydroxylation is 1. The van der Waals surface area contributed by atoms with E-state index in [1.807, 2.05) is 50.2 Å². The van der Waals surface area contributed by atoms with E-state index in [0.29, 0.717) is 10.6 Å². The minimum atomic E-state index is -0.389. The number of aromatic nitrogens is 1. The van der Waals surface area contributed by atoms with Gasteiger partial charge in [0, 0.05) is 27.7 Å². The van der Waals surface area contributed by atoms with Crippen molar-refractivity contribution in [2.45, 2.75) is 13.8 Å². The van der Waals surface area contributed by atoms with Gasteiger partial charge in [0.05, 0.1) is 16.8 Å². The zero-order valence-electron chi connectivity index (χ0n) is 14.3. The van der Waals surface area contributed by atoms with E-state index in [1.165, 1.54) is 6.07 Å². The normalized spacial score (nSPS) is 11.1. The lowest BCUT2D eigenvalue weighted by Crippen LogP contribution is -2.18. The van der Waals surface area contributed by atoms with Gasteiger partial charge in [0.1, 0.15) is 0 Å². The molecule has 1 amide bonds. The van der Waals surface area contributed by atoms with Gasteiger partial charge < -0.3 is 4.57 Å². The monoisotopic (exact) mass is 385 g/mol. The van der Waals surface area contributed by atoms with E-state index in [-0.39, 0.29) is 10.9 Å². The zero-order chi connectivity index (χ0) is 18.7. The molecule has 2 aromatic carbocycles. The fourth-order valence-electron chi connectivity index (χ4n) is 2.79. The maximum atomic E-state index is 12.2. The van der Waals surface area contributed by atoms with Crippen LogP contribution in [0.25, 0.3) is 5.69 Å². The summed E-state index contributed by atoms with van der Waals surface area (Å²) in [4.78, 5) is 12.2. The largest absolute Gasteiger partial charge is 0.318 e. The molecule has 3 rings (SSSR count). The molecular weight excluding hydrogens is 369 g/mol. The molecule has 0 saturated heterocycles. The van der Waals surface area contributed by atoms with Gasteiger partial charge in [0.2, 0.25) is 0 Å². The van der Waals surface area contributed by atoms with Crippen LogP contribution in [0.1, 0.15) is 27.3 Å². The fraction of sp³-hybridized carbons (Fsp3) is 0.100. The van der Waals surface area contributed by atoms with Crippen LogP contribution in [0, 0.1) is 13.8 Å². The summed E-state index contributed by atoms with van der Waals surface area (Å²) in [5.41, 5.74) is 6.95. The molecule has 1 aromatic heterocycles. The van der Waals surface area contributed by atoms with E-state index in [0.717, 1.165) is 22.6 Å². The van der Waals surface area contributed by atoms with Crippen LogP contribution in [0.2, 0.25) is 10.0 Å². The van der Waals surface area contributed by atoms with Crippen molar-refractivity contribution in [2.75, 3.05) is 0 Å². The first-order chi connectivity index (χ1) is 12.5. The summed E-state index contributed by atoms with van der Waals surface area (Å²) >= 11 is 11.9. The summed E-state index contributed by atoms with van der Waals surface area (Å²) in [5, 5.41) is 4.82. The van der Waals surface area contributed by atoms with Gasteiger partial charge in [-0.05, 0) is 50.2 Å². The Kier molecular flexibility index (Phi) is 5.45. The second-order valence-electron chi connectivity index (χ2n) is 5.82. The highest BCUT2D eigenvalue weighted by Gasteiger charge is 2.11. The van der Waals surface area contributed by atoms with Crippen LogP contribution in [0.4, 0.5) is 0 Å². The van der Waals surface area contributed by atoms with Gasteiger partial charge in [-0.3, -0.25) is 4.79 Å². The molecule has 4 nitrogen and oxygen atoms in total. The van der Waals surface area contributed by atoms with Crippen LogP contribution in [0.15, 0.2) is 59.7 Å². The van der Waals surface area contributed by atoms with Gasteiger partial charge >= 0.3 is 0 Å². The summed E-state index contributed by atoms with van der Waals surface area (Å²) < 4.78 is 2.14. The fourth-order valence-corrected chi connectivity index (χ4v) is 3.28. The minimum Gasteiger partial charge on any atom is -0.318 e. The van der Waals surface area contributed by atoms with Gasteiger partial charge in [0.25, 0.3) is 5.91 Å². The maximum Gasteiger partial charge on any atom is 0.272 e. The number of carbonyl (C=O) groups is 1. The second-order valence-corrected chi connectivity index (χ2v) is 6.66. The van der Waals surface area contributed by atoms with Gasteiger partial charge in [-0.1, -0.05) is 41.4 Å². The molecule has 0 saturated carbocycles. The molecule has 26 heavy (non-hydrogen) atoms. The third-order valence-corrected chi connectivity index (χ3v) is 4.58. The van der Waals surface area contributed by atoms with Crippen molar-refractivity contribution in [1.29, 1.82) is 0 Å². The first kappa shape index (κ1) is 18.2. The Hall–Kier alpha value is -2.56. The molecule has 6 heteroatoms. The first-order valence-corrected chi connectivity index (χ1v) is 8.76. The standard InChI is InChI=1S/C20H17Cl2N3O/c1-13-10-15(14(2)25(13)17-6-4-3-5-7-17)12-23-24-20(26)18-9-8-16(21)11-19(18)22/h3-12H,1-2H3,(H,24,26). The average Bonchev–Trinajstić information content (AvgIpc) is 2.89.